The maximum Gasteiger partial charge on any atom is 0.119 e. The van der Waals surface area contributed by atoms with Gasteiger partial charge in [-0.05, 0) is 49.2 Å². The monoisotopic (exact) mass is 251 g/mol. The van der Waals surface area contributed by atoms with Crippen LogP contribution in [0.5, 0.6) is 5.75 Å². The van der Waals surface area contributed by atoms with E-state index in [0.717, 1.165) is 17.0 Å². The molecule has 96 valence electrons. The van der Waals surface area contributed by atoms with Crippen molar-refractivity contribution in [2.45, 2.75) is 13.8 Å². The lowest BCUT2D eigenvalue weighted by molar-refractivity contribution is 0.415. The van der Waals surface area contributed by atoms with Crippen molar-refractivity contribution in [2.75, 3.05) is 7.11 Å². The van der Waals surface area contributed by atoms with Crippen LogP contribution in [0.1, 0.15) is 11.1 Å². The number of benzene rings is 2. The topological polar surface area (TPSA) is 25.0 Å². The van der Waals surface area contributed by atoms with E-state index in [0.29, 0.717) is 0 Å². The SMILES string of the molecule is COc1cccc(-c2cc3c(C)cc(C)cc3[nH]2)c1. The fourth-order valence-corrected chi connectivity index (χ4v) is 2.55. The van der Waals surface area contributed by atoms with Gasteiger partial charge in [-0.15, -0.1) is 0 Å². The predicted molar refractivity (Wildman–Crippen MR) is 79.8 cm³/mol. The first-order chi connectivity index (χ1) is 9.17. The lowest BCUT2D eigenvalue weighted by Gasteiger charge is -2.02. The Bertz CT molecular complexity index is 740. The van der Waals surface area contributed by atoms with E-state index in [9.17, 15) is 0 Å². The molecule has 0 atom stereocenters. The van der Waals surface area contributed by atoms with Gasteiger partial charge in [-0.25, -0.2) is 0 Å². The summed E-state index contributed by atoms with van der Waals surface area (Å²) in [5.74, 6) is 0.879. The van der Waals surface area contributed by atoms with Crippen molar-refractivity contribution in [2.24, 2.45) is 0 Å². The molecule has 19 heavy (non-hydrogen) atoms. The summed E-state index contributed by atoms with van der Waals surface area (Å²) in [4.78, 5) is 3.49. The number of nitrogens with one attached hydrogen (secondary N) is 1. The van der Waals surface area contributed by atoms with Crippen LogP contribution in [0.15, 0.2) is 42.5 Å². The molecule has 0 aliphatic heterocycles. The Labute approximate surface area is 113 Å². The Morgan fingerprint density at radius 1 is 1.00 bits per heavy atom. The molecule has 2 nitrogen and oxygen atoms in total. The van der Waals surface area contributed by atoms with E-state index in [2.05, 4.69) is 43.1 Å². The second-order valence-corrected chi connectivity index (χ2v) is 4.96. The molecule has 0 radical (unpaired) electrons. The van der Waals surface area contributed by atoms with Gasteiger partial charge in [-0.1, -0.05) is 18.2 Å². The summed E-state index contributed by atoms with van der Waals surface area (Å²) in [7, 11) is 1.69. The summed E-state index contributed by atoms with van der Waals surface area (Å²) in [6.45, 7) is 4.27. The molecule has 3 rings (SSSR count). The first-order valence-electron chi connectivity index (χ1n) is 6.42. The van der Waals surface area contributed by atoms with E-state index in [1.807, 2.05) is 18.2 Å². The van der Waals surface area contributed by atoms with Gasteiger partial charge in [0.05, 0.1) is 7.11 Å². The highest BCUT2D eigenvalue weighted by atomic mass is 16.5. The highest BCUT2D eigenvalue weighted by Gasteiger charge is 2.06. The molecule has 0 amide bonds. The van der Waals surface area contributed by atoms with Crippen molar-refractivity contribution in [1.82, 2.24) is 4.98 Å². The first kappa shape index (κ1) is 11.8. The Hall–Kier alpha value is -2.22. The van der Waals surface area contributed by atoms with E-state index < -0.39 is 0 Å². The summed E-state index contributed by atoms with van der Waals surface area (Å²) < 4.78 is 5.28. The van der Waals surface area contributed by atoms with Crippen molar-refractivity contribution in [3.8, 4) is 17.0 Å². The van der Waals surface area contributed by atoms with Crippen LogP contribution in [0.4, 0.5) is 0 Å². The molecule has 0 fully saturated rings. The van der Waals surface area contributed by atoms with E-state index in [1.54, 1.807) is 7.11 Å². The van der Waals surface area contributed by atoms with Crippen LogP contribution in [0.3, 0.4) is 0 Å². The summed E-state index contributed by atoms with van der Waals surface area (Å²) in [6, 6.07) is 14.7. The molecular weight excluding hydrogens is 234 g/mol. The van der Waals surface area contributed by atoms with E-state index in [4.69, 9.17) is 4.74 Å². The van der Waals surface area contributed by atoms with Crippen molar-refractivity contribution in [1.29, 1.82) is 0 Å². The van der Waals surface area contributed by atoms with Gasteiger partial charge in [-0.2, -0.15) is 0 Å². The zero-order valence-corrected chi connectivity index (χ0v) is 11.4. The number of rotatable bonds is 2. The maximum atomic E-state index is 5.28. The van der Waals surface area contributed by atoms with Crippen LogP contribution in [-0.4, -0.2) is 12.1 Å². The minimum atomic E-state index is 0.879. The zero-order chi connectivity index (χ0) is 13.4. The van der Waals surface area contributed by atoms with Crippen LogP contribution in [0, 0.1) is 13.8 Å². The van der Waals surface area contributed by atoms with Gasteiger partial charge in [0, 0.05) is 22.2 Å². The average Bonchev–Trinajstić information content (AvgIpc) is 2.83. The molecule has 0 spiro atoms. The number of fused-ring (bicyclic) bond motifs is 1. The highest BCUT2D eigenvalue weighted by Crippen LogP contribution is 2.29. The molecule has 1 heterocycles. The lowest BCUT2D eigenvalue weighted by atomic mass is 10.1. The number of hydrogen-bond acceptors (Lipinski definition) is 1. The molecule has 1 N–H and O–H groups in total. The quantitative estimate of drug-likeness (QED) is 0.714. The number of aromatic amines is 1. The smallest absolute Gasteiger partial charge is 0.119 e. The summed E-state index contributed by atoms with van der Waals surface area (Å²) in [6.07, 6.45) is 0. The van der Waals surface area contributed by atoms with Gasteiger partial charge in [0.15, 0.2) is 0 Å². The molecule has 0 saturated carbocycles. The normalized spacial score (nSPS) is 10.9. The average molecular weight is 251 g/mol. The van der Waals surface area contributed by atoms with E-state index >= 15 is 0 Å². The van der Waals surface area contributed by atoms with Crippen molar-refractivity contribution < 1.29 is 4.74 Å². The second-order valence-electron chi connectivity index (χ2n) is 4.96. The van der Waals surface area contributed by atoms with Crippen LogP contribution < -0.4 is 4.74 Å². The summed E-state index contributed by atoms with van der Waals surface area (Å²) >= 11 is 0. The largest absolute Gasteiger partial charge is 0.497 e. The molecule has 0 aliphatic carbocycles. The molecule has 0 aliphatic rings. The van der Waals surface area contributed by atoms with E-state index in [-0.39, 0.29) is 0 Å². The first-order valence-corrected chi connectivity index (χ1v) is 6.42. The molecule has 2 aromatic carbocycles. The third kappa shape index (κ3) is 2.10. The van der Waals surface area contributed by atoms with Gasteiger partial charge >= 0.3 is 0 Å². The number of aryl methyl sites for hydroxylation is 2. The lowest BCUT2D eigenvalue weighted by Crippen LogP contribution is -1.83. The molecule has 1 aromatic heterocycles. The number of H-pyrrole nitrogens is 1. The third-order valence-electron chi connectivity index (χ3n) is 3.47. The minimum absolute atomic E-state index is 0.879. The number of aromatic nitrogens is 1. The van der Waals surface area contributed by atoms with Gasteiger partial charge in [0.2, 0.25) is 0 Å². The van der Waals surface area contributed by atoms with Crippen molar-refractivity contribution >= 4 is 10.9 Å². The number of methoxy groups -OCH3 is 1. The molecule has 3 aromatic rings. The molecule has 0 bridgehead atoms. The van der Waals surface area contributed by atoms with Gasteiger partial charge in [0.25, 0.3) is 0 Å². The van der Waals surface area contributed by atoms with Crippen LogP contribution in [-0.2, 0) is 0 Å². The van der Waals surface area contributed by atoms with Gasteiger partial charge in [0.1, 0.15) is 5.75 Å². The van der Waals surface area contributed by atoms with Gasteiger partial charge < -0.3 is 9.72 Å². The predicted octanol–water partition coefficient (Wildman–Crippen LogP) is 4.46. The maximum absolute atomic E-state index is 5.28. The standard InChI is InChI=1S/C17H17NO/c1-11-7-12(2)15-10-16(18-17(15)8-11)13-5-4-6-14(9-13)19-3/h4-10,18H,1-3H3. The molecular formula is C17H17NO. The Morgan fingerprint density at radius 3 is 2.63 bits per heavy atom. The fraction of sp³-hybridized carbons (Fsp3) is 0.176. The van der Waals surface area contributed by atoms with Crippen LogP contribution in [0.2, 0.25) is 0 Å². The minimum Gasteiger partial charge on any atom is -0.497 e. The molecule has 2 heteroatoms. The summed E-state index contributed by atoms with van der Waals surface area (Å²) in [5, 5.41) is 1.28. The van der Waals surface area contributed by atoms with Crippen molar-refractivity contribution in [3.05, 3.63) is 53.6 Å². The second kappa shape index (κ2) is 4.47. The Kier molecular flexibility index (Phi) is 2.79. The highest BCUT2D eigenvalue weighted by molar-refractivity contribution is 5.89. The summed E-state index contributed by atoms with van der Waals surface area (Å²) in [5.41, 5.74) is 6.05. The van der Waals surface area contributed by atoms with Gasteiger partial charge in [-0.3, -0.25) is 0 Å². The van der Waals surface area contributed by atoms with Crippen molar-refractivity contribution in [3.63, 3.8) is 0 Å². The Balaban J connectivity index is 2.17. The van der Waals surface area contributed by atoms with Crippen LogP contribution in [0.25, 0.3) is 22.2 Å². The molecule has 0 saturated heterocycles. The molecule has 0 unspecified atom stereocenters. The number of ether oxygens (including phenoxy) is 1. The third-order valence-corrected chi connectivity index (χ3v) is 3.47. The fourth-order valence-electron chi connectivity index (χ4n) is 2.55. The van der Waals surface area contributed by atoms with Crippen LogP contribution >= 0.6 is 0 Å². The zero-order valence-electron chi connectivity index (χ0n) is 11.4. The Morgan fingerprint density at radius 2 is 1.84 bits per heavy atom. The van der Waals surface area contributed by atoms with E-state index in [1.165, 1.54) is 22.0 Å². The number of hydrogen-bond donors (Lipinski definition) is 1.